The minimum Gasteiger partial charge on any atom is -0.475 e. The maximum Gasteiger partial charge on any atom is 0.410 e. The summed E-state index contributed by atoms with van der Waals surface area (Å²) in [6.45, 7) is 9.46. The fraction of sp³-hybridized carbons (Fsp3) is 0.500. The van der Waals surface area contributed by atoms with Gasteiger partial charge in [0.25, 0.3) is 0 Å². The quantitative estimate of drug-likeness (QED) is 0.310. The number of hydrogen-bond donors (Lipinski definition) is 0. The zero-order valence-corrected chi connectivity index (χ0v) is 28.4. The molecule has 0 spiro atoms. The van der Waals surface area contributed by atoms with Crippen molar-refractivity contribution in [2.24, 2.45) is 0 Å². The van der Waals surface area contributed by atoms with Crippen molar-refractivity contribution in [3.63, 3.8) is 0 Å². The van der Waals surface area contributed by atoms with Crippen LogP contribution in [0.4, 0.5) is 16.2 Å². The molecule has 0 aliphatic carbocycles. The van der Waals surface area contributed by atoms with Crippen LogP contribution in [0, 0.1) is 22.7 Å². The number of piperazine rings is 1. The van der Waals surface area contributed by atoms with Crippen LogP contribution in [0.2, 0.25) is 5.02 Å². The van der Waals surface area contributed by atoms with E-state index in [0.717, 1.165) is 52.8 Å². The van der Waals surface area contributed by atoms with Crippen molar-refractivity contribution < 1.29 is 14.3 Å². The number of rotatable bonds is 6. The van der Waals surface area contributed by atoms with E-state index in [-0.39, 0.29) is 12.5 Å². The molecule has 1 aromatic heterocycles. The predicted octanol–water partition coefficient (Wildman–Crippen LogP) is 6.13. The number of benzene rings is 2. The molecule has 0 saturated carbocycles. The SMILES string of the molecule is CN1CCC[C@H]1COc1nc2c(c(N3CCN(C(=O)OC(C)(C)C)[C@@H](CC#N)C3)c1C#N)CCN(c1cccc3cccc(Cl)c13)C2. The molecule has 6 rings (SSSR count). The molecule has 2 fully saturated rings. The summed E-state index contributed by atoms with van der Waals surface area (Å²) >= 11 is 6.73. The van der Waals surface area contributed by atoms with Crippen molar-refractivity contribution >= 4 is 39.8 Å². The van der Waals surface area contributed by atoms with E-state index in [0.29, 0.717) is 62.2 Å². The largest absolute Gasteiger partial charge is 0.475 e. The van der Waals surface area contributed by atoms with E-state index >= 15 is 0 Å². The highest BCUT2D eigenvalue weighted by atomic mass is 35.5. The molecule has 47 heavy (non-hydrogen) atoms. The molecule has 10 nitrogen and oxygen atoms in total. The molecule has 3 aliphatic rings. The molecule has 2 aromatic carbocycles. The normalized spacial score (nSPS) is 20.1. The van der Waals surface area contributed by atoms with Crippen LogP contribution in [-0.2, 0) is 17.7 Å². The highest BCUT2D eigenvalue weighted by Gasteiger charge is 2.37. The third-order valence-electron chi connectivity index (χ3n) is 9.42. The van der Waals surface area contributed by atoms with Crippen molar-refractivity contribution in [2.45, 2.75) is 70.7 Å². The molecule has 11 heteroatoms. The van der Waals surface area contributed by atoms with E-state index in [2.05, 4.69) is 52.1 Å². The Morgan fingerprint density at radius 3 is 2.55 bits per heavy atom. The minimum atomic E-state index is -0.649. The van der Waals surface area contributed by atoms with Gasteiger partial charge >= 0.3 is 6.09 Å². The zero-order chi connectivity index (χ0) is 33.3. The number of nitrogens with zero attached hydrogens (tertiary/aromatic N) is 7. The number of halogens is 1. The summed E-state index contributed by atoms with van der Waals surface area (Å²) in [6, 6.07) is 16.7. The topological polar surface area (TPSA) is 109 Å². The molecule has 0 radical (unpaired) electrons. The lowest BCUT2D eigenvalue weighted by Crippen LogP contribution is -2.56. The fourth-order valence-corrected chi connectivity index (χ4v) is 7.38. The molecule has 4 heterocycles. The Hall–Kier alpha value is -4.25. The summed E-state index contributed by atoms with van der Waals surface area (Å²) in [5.41, 5.74) is 3.47. The molecule has 0 N–H and O–H groups in total. The summed E-state index contributed by atoms with van der Waals surface area (Å²) in [5, 5.41) is 23.1. The third kappa shape index (κ3) is 6.76. The molecule has 246 valence electrons. The highest BCUT2D eigenvalue weighted by Crippen LogP contribution is 2.41. The molecular weight excluding hydrogens is 614 g/mol. The first-order chi connectivity index (χ1) is 22.6. The van der Waals surface area contributed by atoms with Crippen LogP contribution in [0.3, 0.4) is 0 Å². The number of ether oxygens (including phenoxy) is 2. The van der Waals surface area contributed by atoms with Gasteiger partial charge in [0, 0.05) is 48.9 Å². The maximum absolute atomic E-state index is 13.2. The smallest absolute Gasteiger partial charge is 0.410 e. The number of likely N-dealkylation sites (N-methyl/N-ethyl adjacent to an activating group) is 1. The second kappa shape index (κ2) is 13.5. The molecule has 3 aliphatic heterocycles. The van der Waals surface area contributed by atoms with E-state index < -0.39 is 17.7 Å². The van der Waals surface area contributed by atoms with Crippen molar-refractivity contribution in [1.29, 1.82) is 10.5 Å². The molecule has 2 atom stereocenters. The van der Waals surface area contributed by atoms with Gasteiger partial charge in [-0.3, -0.25) is 0 Å². The van der Waals surface area contributed by atoms with Gasteiger partial charge in [-0.15, -0.1) is 0 Å². The summed E-state index contributed by atoms with van der Waals surface area (Å²) in [7, 11) is 2.10. The minimum absolute atomic E-state index is 0.151. The Bertz CT molecular complexity index is 1740. The Morgan fingerprint density at radius 2 is 1.85 bits per heavy atom. The highest BCUT2D eigenvalue weighted by molar-refractivity contribution is 6.36. The number of pyridine rings is 1. The number of carbonyl (C=O) groups excluding carboxylic acids is 1. The Balaban J connectivity index is 1.38. The van der Waals surface area contributed by atoms with Crippen molar-refractivity contribution in [3.8, 4) is 18.0 Å². The first kappa shape index (κ1) is 32.7. The number of aromatic nitrogens is 1. The maximum atomic E-state index is 13.2. The van der Waals surface area contributed by atoms with E-state index in [1.54, 1.807) is 4.90 Å². The second-order valence-electron chi connectivity index (χ2n) is 13.7. The molecule has 1 amide bonds. The Morgan fingerprint density at radius 1 is 1.06 bits per heavy atom. The molecular formula is C36H42ClN7O3. The van der Waals surface area contributed by atoms with Crippen LogP contribution >= 0.6 is 11.6 Å². The molecule has 0 bridgehead atoms. The van der Waals surface area contributed by atoms with Gasteiger partial charge in [0.15, 0.2) is 0 Å². The van der Waals surface area contributed by atoms with Gasteiger partial charge in [-0.1, -0.05) is 35.9 Å². The lowest BCUT2D eigenvalue weighted by atomic mass is 9.96. The first-order valence-corrected chi connectivity index (χ1v) is 16.8. The van der Waals surface area contributed by atoms with E-state index in [1.165, 1.54) is 0 Å². The van der Waals surface area contributed by atoms with Gasteiger partial charge in [0.1, 0.15) is 23.8 Å². The van der Waals surface area contributed by atoms with Crippen molar-refractivity contribution in [2.75, 3.05) is 56.2 Å². The van der Waals surface area contributed by atoms with Crippen LogP contribution in [0.1, 0.15) is 56.9 Å². The summed E-state index contributed by atoms with van der Waals surface area (Å²) in [6.07, 6.45) is 2.53. The molecule has 0 unspecified atom stereocenters. The Kier molecular flexibility index (Phi) is 9.36. The van der Waals surface area contributed by atoms with Gasteiger partial charge in [-0.05, 0) is 71.1 Å². The number of hydrogen-bond acceptors (Lipinski definition) is 9. The van der Waals surface area contributed by atoms with Crippen LogP contribution in [-0.4, -0.2) is 84.9 Å². The fourth-order valence-electron chi connectivity index (χ4n) is 7.10. The van der Waals surface area contributed by atoms with Crippen LogP contribution in [0.5, 0.6) is 5.88 Å². The van der Waals surface area contributed by atoms with Gasteiger partial charge in [0.2, 0.25) is 5.88 Å². The van der Waals surface area contributed by atoms with Gasteiger partial charge in [-0.25, -0.2) is 9.78 Å². The number of fused-ring (bicyclic) bond motifs is 2. The van der Waals surface area contributed by atoms with Crippen LogP contribution in [0.15, 0.2) is 36.4 Å². The lowest BCUT2D eigenvalue weighted by Gasteiger charge is -2.43. The summed E-state index contributed by atoms with van der Waals surface area (Å²) < 4.78 is 12.1. The number of carbonyl (C=O) groups is 1. The Labute approximate surface area is 282 Å². The van der Waals surface area contributed by atoms with Crippen LogP contribution in [0.25, 0.3) is 10.8 Å². The molecule has 2 saturated heterocycles. The summed E-state index contributed by atoms with van der Waals surface area (Å²) in [5.74, 6) is 0.339. The van der Waals surface area contributed by atoms with E-state index in [9.17, 15) is 15.3 Å². The summed E-state index contributed by atoms with van der Waals surface area (Å²) in [4.78, 5) is 26.6. The molecule has 3 aromatic rings. The lowest BCUT2D eigenvalue weighted by molar-refractivity contribution is 0.0145. The van der Waals surface area contributed by atoms with Crippen molar-refractivity contribution in [1.82, 2.24) is 14.8 Å². The standard InChI is InChI=1S/C36H42ClN7O3/c1-36(2,3)47-35(45)44-19-18-43(21-25(44)13-15-38)33-27-14-17-42(31-12-6-9-24-8-5-11-29(37)32(24)31)22-30(27)40-34(28(33)20-39)46-23-26-10-7-16-41(26)4/h5-6,8-9,11-12,25-26H,7,10,13-14,16-19,21-23H2,1-4H3/t25-,26-/m0/s1. The van der Waals surface area contributed by atoms with Crippen LogP contribution < -0.4 is 14.5 Å². The number of amides is 1. The van der Waals surface area contributed by atoms with Gasteiger partial charge < -0.3 is 29.1 Å². The number of likely N-dealkylation sites (tertiary alicyclic amines) is 1. The third-order valence-corrected chi connectivity index (χ3v) is 9.73. The second-order valence-corrected chi connectivity index (χ2v) is 14.1. The van der Waals surface area contributed by atoms with Crippen molar-refractivity contribution in [3.05, 3.63) is 58.2 Å². The average Bonchev–Trinajstić information content (AvgIpc) is 3.46. The zero-order valence-electron chi connectivity index (χ0n) is 27.6. The number of nitriles is 2. The average molecular weight is 656 g/mol. The first-order valence-electron chi connectivity index (χ1n) is 16.4. The predicted molar refractivity (Wildman–Crippen MR) is 183 cm³/mol. The van der Waals surface area contributed by atoms with Gasteiger partial charge in [0.05, 0.1) is 41.5 Å². The monoisotopic (exact) mass is 655 g/mol. The van der Waals surface area contributed by atoms with E-state index in [4.69, 9.17) is 26.1 Å². The van der Waals surface area contributed by atoms with E-state index in [1.807, 2.05) is 39.0 Å². The van der Waals surface area contributed by atoms with Gasteiger partial charge in [-0.2, -0.15) is 10.5 Å². The number of anilines is 2.